The largest absolute Gasteiger partial charge is 0.356 e. The van der Waals surface area contributed by atoms with Crippen LogP contribution in [0.5, 0.6) is 0 Å². The molecule has 12 heavy (non-hydrogen) atoms. The molecular formula is C9H7ClFN. The summed E-state index contributed by atoms with van der Waals surface area (Å²) >= 11 is 5.86. The summed E-state index contributed by atoms with van der Waals surface area (Å²) in [4.78, 5) is 2.91. The highest BCUT2D eigenvalue weighted by Gasteiger charge is 2.05. The molecule has 1 heterocycles. The molecule has 1 aromatic carbocycles. The molecule has 0 atom stereocenters. The van der Waals surface area contributed by atoms with Gasteiger partial charge in [0, 0.05) is 11.1 Å². The third kappa shape index (κ3) is 0.994. The molecule has 0 fully saturated rings. The van der Waals surface area contributed by atoms with Crippen molar-refractivity contribution in [2.45, 2.75) is 6.92 Å². The fourth-order valence-electron chi connectivity index (χ4n) is 1.29. The first-order chi connectivity index (χ1) is 5.68. The van der Waals surface area contributed by atoms with Crippen molar-refractivity contribution in [2.24, 2.45) is 0 Å². The number of aryl methyl sites for hydroxylation is 1. The molecule has 0 radical (unpaired) electrons. The van der Waals surface area contributed by atoms with Crippen LogP contribution in [0.15, 0.2) is 18.2 Å². The molecule has 0 spiro atoms. The summed E-state index contributed by atoms with van der Waals surface area (Å²) in [5.41, 5.74) is 1.40. The summed E-state index contributed by atoms with van der Waals surface area (Å²) in [5, 5.41) is 1.32. The maximum absolute atomic E-state index is 13.1. The maximum atomic E-state index is 13.1. The Morgan fingerprint density at radius 2 is 2.17 bits per heavy atom. The van der Waals surface area contributed by atoms with E-state index < -0.39 is 0 Å². The predicted molar refractivity (Wildman–Crippen MR) is 48.0 cm³/mol. The second kappa shape index (κ2) is 2.49. The van der Waals surface area contributed by atoms with Crippen LogP contribution in [-0.4, -0.2) is 4.98 Å². The zero-order valence-electron chi connectivity index (χ0n) is 6.49. The van der Waals surface area contributed by atoms with Gasteiger partial charge in [0.05, 0.1) is 10.5 Å². The molecule has 0 amide bonds. The average molecular weight is 184 g/mol. The van der Waals surface area contributed by atoms with Crippen molar-refractivity contribution in [3.63, 3.8) is 0 Å². The third-order valence-electron chi connectivity index (χ3n) is 1.82. The van der Waals surface area contributed by atoms with Gasteiger partial charge in [-0.3, -0.25) is 0 Å². The normalized spacial score (nSPS) is 10.9. The van der Waals surface area contributed by atoms with Crippen molar-refractivity contribution in [2.75, 3.05) is 0 Å². The van der Waals surface area contributed by atoms with Crippen molar-refractivity contribution in [1.82, 2.24) is 4.98 Å². The van der Waals surface area contributed by atoms with E-state index in [-0.39, 0.29) is 5.82 Å². The van der Waals surface area contributed by atoms with Crippen molar-refractivity contribution >= 4 is 22.5 Å². The SMILES string of the molecule is Cc1cc2c(Cl)ccc(F)c2[nH]1. The number of aromatic nitrogens is 1. The summed E-state index contributed by atoms with van der Waals surface area (Å²) in [6, 6.07) is 4.76. The topological polar surface area (TPSA) is 15.8 Å². The zero-order valence-corrected chi connectivity index (χ0v) is 7.24. The fraction of sp³-hybridized carbons (Fsp3) is 0.111. The van der Waals surface area contributed by atoms with Gasteiger partial charge in [-0.15, -0.1) is 0 Å². The molecule has 2 rings (SSSR count). The van der Waals surface area contributed by atoms with Gasteiger partial charge >= 0.3 is 0 Å². The first kappa shape index (κ1) is 7.62. The molecule has 1 N–H and O–H groups in total. The number of halogens is 2. The van der Waals surface area contributed by atoms with E-state index in [0.717, 1.165) is 11.1 Å². The van der Waals surface area contributed by atoms with E-state index in [1.807, 2.05) is 13.0 Å². The lowest BCUT2D eigenvalue weighted by Gasteiger charge is -1.93. The summed E-state index contributed by atoms with van der Waals surface area (Å²) < 4.78 is 13.1. The van der Waals surface area contributed by atoms with Crippen LogP contribution in [0, 0.1) is 12.7 Å². The van der Waals surface area contributed by atoms with Gasteiger partial charge in [-0.1, -0.05) is 11.6 Å². The summed E-state index contributed by atoms with van der Waals surface area (Å²) in [5.74, 6) is -0.262. The average Bonchev–Trinajstić information content (AvgIpc) is 2.41. The van der Waals surface area contributed by atoms with Gasteiger partial charge < -0.3 is 4.98 Å². The maximum Gasteiger partial charge on any atom is 0.147 e. The molecule has 0 aliphatic heterocycles. The van der Waals surface area contributed by atoms with Gasteiger partial charge in [-0.25, -0.2) is 4.39 Å². The molecular weight excluding hydrogens is 177 g/mol. The Bertz CT molecular complexity index is 394. The molecule has 1 aromatic heterocycles. The number of rotatable bonds is 0. The molecule has 2 aromatic rings. The minimum Gasteiger partial charge on any atom is -0.356 e. The Balaban J connectivity index is 2.93. The second-order valence-electron chi connectivity index (χ2n) is 2.77. The highest BCUT2D eigenvalue weighted by atomic mass is 35.5. The van der Waals surface area contributed by atoms with E-state index in [1.165, 1.54) is 6.07 Å². The van der Waals surface area contributed by atoms with E-state index in [2.05, 4.69) is 4.98 Å². The van der Waals surface area contributed by atoms with E-state index in [9.17, 15) is 4.39 Å². The molecule has 0 bridgehead atoms. The van der Waals surface area contributed by atoms with Crippen LogP contribution in [0.2, 0.25) is 5.02 Å². The first-order valence-electron chi connectivity index (χ1n) is 3.62. The first-order valence-corrected chi connectivity index (χ1v) is 3.99. The Labute approximate surface area is 74.2 Å². The van der Waals surface area contributed by atoms with Crippen molar-refractivity contribution in [3.05, 3.63) is 34.7 Å². The van der Waals surface area contributed by atoms with Crippen LogP contribution < -0.4 is 0 Å². The summed E-state index contributed by atoms with van der Waals surface area (Å²) in [7, 11) is 0. The van der Waals surface area contributed by atoms with Crippen LogP contribution in [0.4, 0.5) is 4.39 Å². The van der Waals surface area contributed by atoms with Gasteiger partial charge in [0.15, 0.2) is 0 Å². The van der Waals surface area contributed by atoms with Gasteiger partial charge in [-0.2, -0.15) is 0 Å². The van der Waals surface area contributed by atoms with Gasteiger partial charge in [0.2, 0.25) is 0 Å². The molecule has 0 saturated carbocycles. The Hall–Kier alpha value is -1.02. The molecule has 62 valence electrons. The smallest absolute Gasteiger partial charge is 0.147 e. The number of hydrogen-bond donors (Lipinski definition) is 1. The number of nitrogens with one attached hydrogen (secondary N) is 1. The summed E-state index contributed by atoms with van der Waals surface area (Å²) in [6.07, 6.45) is 0. The zero-order chi connectivity index (χ0) is 8.72. The molecule has 0 aliphatic carbocycles. The van der Waals surface area contributed by atoms with E-state index in [1.54, 1.807) is 6.07 Å². The van der Waals surface area contributed by atoms with Gasteiger partial charge in [0.1, 0.15) is 5.82 Å². The number of fused-ring (bicyclic) bond motifs is 1. The number of hydrogen-bond acceptors (Lipinski definition) is 0. The third-order valence-corrected chi connectivity index (χ3v) is 2.15. The lowest BCUT2D eigenvalue weighted by Crippen LogP contribution is -1.77. The fourth-order valence-corrected chi connectivity index (χ4v) is 1.50. The number of aromatic amines is 1. The minimum absolute atomic E-state index is 0.262. The molecule has 1 nitrogen and oxygen atoms in total. The van der Waals surface area contributed by atoms with Crippen LogP contribution in [0.1, 0.15) is 5.69 Å². The second-order valence-corrected chi connectivity index (χ2v) is 3.18. The van der Waals surface area contributed by atoms with Crippen molar-refractivity contribution in [3.8, 4) is 0 Å². The van der Waals surface area contributed by atoms with Crippen LogP contribution in [-0.2, 0) is 0 Å². The van der Waals surface area contributed by atoms with E-state index >= 15 is 0 Å². The molecule has 0 saturated heterocycles. The van der Waals surface area contributed by atoms with Crippen molar-refractivity contribution < 1.29 is 4.39 Å². The summed E-state index contributed by atoms with van der Waals surface area (Å²) in [6.45, 7) is 1.87. The number of H-pyrrole nitrogens is 1. The van der Waals surface area contributed by atoms with Crippen LogP contribution in [0.3, 0.4) is 0 Å². The van der Waals surface area contributed by atoms with Crippen LogP contribution in [0.25, 0.3) is 10.9 Å². The van der Waals surface area contributed by atoms with E-state index in [0.29, 0.717) is 10.5 Å². The van der Waals surface area contributed by atoms with E-state index in [4.69, 9.17) is 11.6 Å². The lowest BCUT2D eigenvalue weighted by atomic mass is 10.2. The standard InChI is InChI=1S/C9H7ClFN/c1-5-4-6-7(10)2-3-8(11)9(6)12-5/h2-4,12H,1H3. The molecule has 0 unspecified atom stereocenters. The van der Waals surface area contributed by atoms with Crippen molar-refractivity contribution in [1.29, 1.82) is 0 Å². The van der Waals surface area contributed by atoms with Gasteiger partial charge in [-0.05, 0) is 25.1 Å². The van der Waals surface area contributed by atoms with Gasteiger partial charge in [0.25, 0.3) is 0 Å². The quantitative estimate of drug-likeness (QED) is 0.645. The molecule has 0 aliphatic rings. The predicted octanol–water partition coefficient (Wildman–Crippen LogP) is 3.27. The highest BCUT2D eigenvalue weighted by molar-refractivity contribution is 6.35. The Morgan fingerprint density at radius 1 is 1.42 bits per heavy atom. The number of benzene rings is 1. The van der Waals surface area contributed by atoms with Crippen LogP contribution >= 0.6 is 11.6 Å². The monoisotopic (exact) mass is 183 g/mol. The molecule has 3 heteroatoms. The Morgan fingerprint density at radius 3 is 2.83 bits per heavy atom. The minimum atomic E-state index is -0.262. The lowest BCUT2D eigenvalue weighted by molar-refractivity contribution is 0.637. The Kier molecular flexibility index (Phi) is 1.58. The highest BCUT2D eigenvalue weighted by Crippen LogP contribution is 2.25.